The van der Waals surface area contributed by atoms with Gasteiger partial charge >= 0.3 is 0 Å². The Bertz CT molecular complexity index is 983. The van der Waals surface area contributed by atoms with Crippen LogP contribution in [-0.2, 0) is 21.3 Å². The van der Waals surface area contributed by atoms with Crippen LogP contribution < -0.4 is 10.2 Å². The van der Waals surface area contributed by atoms with Crippen LogP contribution in [0.25, 0.3) is 5.69 Å². The molecule has 3 rings (SSSR count). The molecule has 0 amide bonds. The van der Waals surface area contributed by atoms with E-state index < -0.39 is 21.7 Å². The number of halogens is 2. The molecule has 1 aromatic carbocycles. The van der Waals surface area contributed by atoms with Crippen molar-refractivity contribution in [3.05, 3.63) is 35.7 Å². The fourth-order valence-electron chi connectivity index (χ4n) is 2.97. The number of nitrogens with zero attached hydrogens (tertiary/aromatic N) is 5. The molecular formula is C16H20F2N6O3S2. The lowest BCUT2D eigenvalue weighted by Gasteiger charge is -2.35. The summed E-state index contributed by atoms with van der Waals surface area (Å²) in [6.07, 6.45) is 2.63. The largest absolute Gasteiger partial charge is 0.474 e. The molecule has 0 bridgehead atoms. The van der Waals surface area contributed by atoms with Gasteiger partial charge in [0.2, 0.25) is 10.0 Å². The highest BCUT2D eigenvalue weighted by atomic mass is 32.2. The lowest BCUT2D eigenvalue weighted by Crippen LogP contribution is -2.48. The number of ether oxygens (including phenoxy) is 1. The van der Waals surface area contributed by atoms with Gasteiger partial charge in [-0.25, -0.2) is 21.9 Å². The van der Waals surface area contributed by atoms with E-state index in [1.54, 1.807) is 0 Å². The number of rotatable bonds is 5. The monoisotopic (exact) mass is 446 g/mol. The normalized spacial score (nSPS) is 15.4. The molecule has 0 saturated carbocycles. The predicted molar refractivity (Wildman–Crippen MR) is 106 cm³/mol. The van der Waals surface area contributed by atoms with E-state index in [9.17, 15) is 17.2 Å². The van der Waals surface area contributed by atoms with Crippen molar-refractivity contribution >= 4 is 33.1 Å². The number of methoxy groups -OCH3 is 1. The van der Waals surface area contributed by atoms with Crippen molar-refractivity contribution in [2.75, 3.05) is 44.4 Å². The molecule has 2 aromatic rings. The fourth-order valence-corrected chi connectivity index (χ4v) is 3.87. The average molecular weight is 447 g/mol. The second-order valence-corrected chi connectivity index (χ2v) is 8.76. The second-order valence-electron chi connectivity index (χ2n) is 6.41. The van der Waals surface area contributed by atoms with Crippen LogP contribution in [0.4, 0.5) is 14.5 Å². The van der Waals surface area contributed by atoms with Gasteiger partial charge in [-0.05, 0) is 12.2 Å². The zero-order valence-electron chi connectivity index (χ0n) is 15.8. The molecule has 0 aliphatic carbocycles. The molecule has 13 heteroatoms. The standard InChI is InChI=1S/C16H20F2N6O3S2/c1-27-16(28)19-9-11-10-24(21-20-11)12-7-13(17)15(14(18)8-12)22-3-5-23(6-4-22)29(2,25)26/h7-8,10H,3-6,9H2,1-2H3,(H,19,28). The summed E-state index contributed by atoms with van der Waals surface area (Å²) in [6.45, 7) is 0.975. The van der Waals surface area contributed by atoms with Crippen LogP contribution in [0.15, 0.2) is 18.3 Å². The molecule has 0 atom stereocenters. The molecule has 158 valence electrons. The number of hydrogen-bond donors (Lipinski definition) is 1. The molecule has 1 fully saturated rings. The molecule has 0 spiro atoms. The summed E-state index contributed by atoms with van der Waals surface area (Å²) in [7, 11) is -1.89. The van der Waals surface area contributed by atoms with Gasteiger partial charge in [-0.3, -0.25) is 0 Å². The first kappa shape index (κ1) is 21.3. The van der Waals surface area contributed by atoms with Gasteiger partial charge in [-0.1, -0.05) is 5.21 Å². The maximum atomic E-state index is 14.7. The number of piperazine rings is 1. The van der Waals surface area contributed by atoms with Gasteiger partial charge in [0.05, 0.1) is 31.8 Å². The van der Waals surface area contributed by atoms with Gasteiger partial charge in [0.25, 0.3) is 5.17 Å². The van der Waals surface area contributed by atoms with E-state index in [0.29, 0.717) is 5.69 Å². The Morgan fingerprint density at radius 1 is 1.24 bits per heavy atom. The summed E-state index contributed by atoms with van der Waals surface area (Å²) >= 11 is 4.86. The third-order valence-electron chi connectivity index (χ3n) is 4.43. The molecule has 1 saturated heterocycles. The zero-order chi connectivity index (χ0) is 21.2. The number of aromatic nitrogens is 3. The van der Waals surface area contributed by atoms with Gasteiger partial charge in [0.15, 0.2) is 11.6 Å². The van der Waals surface area contributed by atoms with E-state index in [4.69, 9.17) is 17.0 Å². The molecule has 9 nitrogen and oxygen atoms in total. The first-order valence-electron chi connectivity index (χ1n) is 8.61. The zero-order valence-corrected chi connectivity index (χ0v) is 17.4. The van der Waals surface area contributed by atoms with E-state index in [1.807, 2.05) is 0 Å². The molecule has 0 unspecified atom stereocenters. The van der Waals surface area contributed by atoms with Gasteiger partial charge < -0.3 is 15.0 Å². The highest BCUT2D eigenvalue weighted by Gasteiger charge is 2.27. The van der Waals surface area contributed by atoms with Crippen LogP contribution in [-0.4, -0.2) is 72.4 Å². The minimum absolute atomic E-state index is 0.169. The molecule has 1 N–H and O–H groups in total. The van der Waals surface area contributed by atoms with Gasteiger partial charge in [0.1, 0.15) is 11.4 Å². The van der Waals surface area contributed by atoms with E-state index in [0.717, 1.165) is 18.4 Å². The Morgan fingerprint density at radius 2 is 1.86 bits per heavy atom. The van der Waals surface area contributed by atoms with Crippen LogP contribution in [0.3, 0.4) is 0 Å². The summed E-state index contributed by atoms with van der Waals surface area (Å²) in [6, 6.07) is 2.32. The summed E-state index contributed by atoms with van der Waals surface area (Å²) in [5.74, 6) is -1.52. The minimum atomic E-state index is -3.32. The number of anilines is 1. The van der Waals surface area contributed by atoms with Crippen LogP contribution in [0, 0.1) is 11.6 Å². The second kappa shape index (κ2) is 8.55. The van der Waals surface area contributed by atoms with Crippen molar-refractivity contribution in [3.63, 3.8) is 0 Å². The average Bonchev–Trinajstić information content (AvgIpc) is 3.14. The predicted octanol–water partition coefficient (Wildman–Crippen LogP) is 0.648. The Balaban J connectivity index is 1.75. The topological polar surface area (TPSA) is 92.6 Å². The van der Waals surface area contributed by atoms with Gasteiger partial charge in [-0.15, -0.1) is 5.10 Å². The molecule has 0 radical (unpaired) electrons. The summed E-state index contributed by atoms with van der Waals surface area (Å²) < 4.78 is 59.9. The number of hydrogen-bond acceptors (Lipinski definition) is 7. The molecule has 29 heavy (non-hydrogen) atoms. The van der Waals surface area contributed by atoms with Crippen molar-refractivity contribution < 1.29 is 21.9 Å². The van der Waals surface area contributed by atoms with Crippen LogP contribution in [0.1, 0.15) is 5.69 Å². The third kappa shape index (κ3) is 4.97. The maximum Gasteiger partial charge on any atom is 0.256 e. The van der Waals surface area contributed by atoms with Crippen molar-refractivity contribution in [1.29, 1.82) is 0 Å². The van der Waals surface area contributed by atoms with Crippen molar-refractivity contribution in [2.24, 2.45) is 0 Å². The quantitative estimate of drug-likeness (QED) is 0.670. The Morgan fingerprint density at radius 3 is 2.41 bits per heavy atom. The summed E-state index contributed by atoms with van der Waals surface area (Å²) in [5, 5.41) is 10.8. The van der Waals surface area contributed by atoms with E-state index in [1.165, 1.54) is 27.2 Å². The molecule has 2 heterocycles. The number of thiocarbonyl (C=S) groups is 1. The number of sulfonamides is 1. The summed E-state index contributed by atoms with van der Waals surface area (Å²) in [4.78, 5) is 1.50. The highest BCUT2D eigenvalue weighted by molar-refractivity contribution is 7.88. The number of benzene rings is 1. The lowest BCUT2D eigenvalue weighted by molar-refractivity contribution is 0.384. The Kier molecular flexibility index (Phi) is 6.29. The SMILES string of the molecule is COC(=S)NCc1cn(-c2cc(F)c(N3CCN(S(C)(=O)=O)CC3)c(F)c2)nn1. The minimum Gasteiger partial charge on any atom is -0.474 e. The smallest absolute Gasteiger partial charge is 0.256 e. The van der Waals surface area contributed by atoms with Crippen LogP contribution >= 0.6 is 12.2 Å². The van der Waals surface area contributed by atoms with E-state index >= 15 is 0 Å². The molecule has 1 aliphatic heterocycles. The maximum absolute atomic E-state index is 14.7. The van der Waals surface area contributed by atoms with Crippen molar-refractivity contribution in [2.45, 2.75) is 6.54 Å². The van der Waals surface area contributed by atoms with Crippen LogP contribution in [0.2, 0.25) is 0 Å². The Hall–Kier alpha value is -2.38. The Labute approximate surface area is 172 Å². The van der Waals surface area contributed by atoms with Crippen molar-refractivity contribution in [3.8, 4) is 5.69 Å². The first-order chi connectivity index (χ1) is 13.7. The molecule has 1 aromatic heterocycles. The number of nitrogens with one attached hydrogen (secondary N) is 1. The fraction of sp³-hybridized carbons (Fsp3) is 0.438. The molecule has 1 aliphatic rings. The van der Waals surface area contributed by atoms with E-state index in [-0.39, 0.29) is 49.3 Å². The van der Waals surface area contributed by atoms with Crippen LogP contribution in [0.5, 0.6) is 0 Å². The third-order valence-corrected chi connectivity index (χ3v) is 6.04. The molecular weight excluding hydrogens is 426 g/mol. The highest BCUT2D eigenvalue weighted by Crippen LogP contribution is 2.27. The van der Waals surface area contributed by atoms with Gasteiger partial charge in [0, 0.05) is 38.3 Å². The lowest BCUT2D eigenvalue weighted by atomic mass is 10.2. The van der Waals surface area contributed by atoms with Gasteiger partial charge in [-0.2, -0.15) is 4.31 Å². The first-order valence-corrected chi connectivity index (χ1v) is 10.9. The van der Waals surface area contributed by atoms with Crippen molar-refractivity contribution in [1.82, 2.24) is 24.6 Å². The van der Waals surface area contributed by atoms with E-state index in [2.05, 4.69) is 15.6 Å². The summed E-state index contributed by atoms with van der Waals surface area (Å²) in [5.41, 5.74) is 0.493.